The average Bonchev–Trinajstić information content (AvgIpc) is 3.10. The molecule has 0 bridgehead atoms. The van der Waals surface area contributed by atoms with Crippen molar-refractivity contribution in [3.8, 4) is 0 Å². The lowest BCUT2D eigenvalue weighted by molar-refractivity contribution is -0.121. The first-order chi connectivity index (χ1) is 15.1. The van der Waals surface area contributed by atoms with Gasteiger partial charge < -0.3 is 30.7 Å². The van der Waals surface area contributed by atoms with Crippen molar-refractivity contribution in [2.24, 2.45) is 5.73 Å². The first-order valence-corrected chi connectivity index (χ1v) is 12.0. The number of ether oxygens (including phenoxy) is 1. The van der Waals surface area contributed by atoms with Gasteiger partial charge in [0, 0.05) is 31.1 Å². The average molecular weight is 478 g/mol. The molecule has 2 heterocycles. The highest BCUT2D eigenvalue weighted by atomic mass is 31.2. The lowest BCUT2D eigenvalue weighted by atomic mass is 10.1. The highest BCUT2D eigenvalue weighted by Crippen LogP contribution is 2.43. The third-order valence-corrected chi connectivity index (χ3v) is 5.60. The number of H-pyrrole nitrogens is 1. The van der Waals surface area contributed by atoms with Crippen molar-refractivity contribution in [2.75, 3.05) is 19.7 Å². The van der Waals surface area contributed by atoms with E-state index in [1.54, 1.807) is 0 Å². The topological polar surface area (TPSA) is 206 Å². The van der Waals surface area contributed by atoms with Gasteiger partial charge in [0.1, 0.15) is 18.4 Å². The van der Waals surface area contributed by atoms with E-state index in [1.165, 1.54) is 6.20 Å². The summed E-state index contributed by atoms with van der Waals surface area (Å²) in [6.07, 6.45) is 1.75. The molecule has 0 aliphatic carbocycles. The van der Waals surface area contributed by atoms with Crippen molar-refractivity contribution in [1.82, 2.24) is 14.9 Å². The van der Waals surface area contributed by atoms with Gasteiger partial charge in [0.2, 0.25) is 5.91 Å². The van der Waals surface area contributed by atoms with Gasteiger partial charge in [-0.15, -0.1) is 0 Å². The van der Waals surface area contributed by atoms with Gasteiger partial charge in [-0.25, -0.2) is 9.36 Å². The van der Waals surface area contributed by atoms with Crippen molar-refractivity contribution in [2.45, 2.75) is 63.4 Å². The highest BCUT2D eigenvalue weighted by molar-refractivity contribution is 7.46. The van der Waals surface area contributed by atoms with Gasteiger partial charge in [-0.2, -0.15) is 0 Å². The minimum Gasteiger partial charge on any atom is -0.394 e. The van der Waals surface area contributed by atoms with Gasteiger partial charge in [-0.3, -0.25) is 23.7 Å². The molecule has 2 rings (SSSR count). The van der Waals surface area contributed by atoms with Crippen LogP contribution in [0.25, 0.3) is 0 Å². The van der Waals surface area contributed by atoms with Crippen LogP contribution in [0.4, 0.5) is 0 Å². The maximum absolute atomic E-state index is 12.2. The first-order valence-electron chi connectivity index (χ1n) is 10.5. The molecule has 182 valence electrons. The summed E-state index contributed by atoms with van der Waals surface area (Å²) < 4.78 is 22.3. The van der Waals surface area contributed by atoms with Crippen LogP contribution in [0.1, 0.15) is 50.3 Å². The van der Waals surface area contributed by atoms with Crippen LogP contribution in [0.15, 0.2) is 15.8 Å². The number of hydrogen-bond acceptors (Lipinski definition) is 8. The number of aromatic nitrogens is 2. The van der Waals surface area contributed by atoms with Gasteiger partial charge in [0.05, 0.1) is 6.61 Å². The quantitative estimate of drug-likeness (QED) is 0.148. The zero-order chi connectivity index (χ0) is 23.7. The number of carbonyl (C=O) groups is 1. The summed E-state index contributed by atoms with van der Waals surface area (Å²) in [4.78, 5) is 56.6. The van der Waals surface area contributed by atoms with Crippen molar-refractivity contribution in [1.29, 1.82) is 0 Å². The second-order valence-corrected chi connectivity index (χ2v) is 8.75. The summed E-state index contributed by atoms with van der Waals surface area (Å²) in [5.74, 6) is -0.228. The minimum absolute atomic E-state index is 0.0405. The fourth-order valence-electron chi connectivity index (χ4n) is 3.43. The molecule has 13 nitrogen and oxygen atoms in total. The van der Waals surface area contributed by atoms with E-state index in [4.69, 9.17) is 20.3 Å². The molecule has 1 fully saturated rings. The number of hydrogen-bond donors (Lipinski definition) is 6. The summed E-state index contributed by atoms with van der Waals surface area (Å²) in [5, 5.41) is 12.2. The van der Waals surface area contributed by atoms with Crippen LogP contribution >= 0.6 is 7.82 Å². The van der Waals surface area contributed by atoms with Gasteiger partial charge in [0.15, 0.2) is 0 Å². The summed E-state index contributed by atoms with van der Waals surface area (Å²) in [7, 11) is -4.84. The Bertz CT molecular complexity index is 912. The number of aliphatic hydroxyl groups is 1. The summed E-state index contributed by atoms with van der Waals surface area (Å²) in [6, 6.07) is 0. The number of carbonyl (C=O) groups excluding carboxylic acids is 1. The predicted octanol–water partition coefficient (Wildman–Crippen LogP) is -1.14. The Kier molecular flexibility index (Phi) is 10.2. The number of unbranched alkanes of at least 4 members (excludes halogenated alkanes) is 3. The summed E-state index contributed by atoms with van der Waals surface area (Å²) >= 11 is 0. The Hall–Kier alpha value is -1.86. The largest absolute Gasteiger partial charge is 0.469 e. The number of amides is 1. The van der Waals surface area contributed by atoms with E-state index >= 15 is 0 Å². The van der Waals surface area contributed by atoms with E-state index in [9.17, 15) is 24.1 Å². The predicted molar refractivity (Wildman–Crippen MR) is 113 cm³/mol. The van der Waals surface area contributed by atoms with Crippen LogP contribution in [0, 0.1) is 0 Å². The zero-order valence-electron chi connectivity index (χ0n) is 17.6. The number of nitrogens with one attached hydrogen (secondary N) is 2. The molecule has 1 amide bonds. The van der Waals surface area contributed by atoms with Gasteiger partial charge in [-0.05, 0) is 25.8 Å². The molecular weight excluding hydrogens is 447 g/mol. The van der Waals surface area contributed by atoms with Crippen molar-refractivity contribution < 1.29 is 33.5 Å². The van der Waals surface area contributed by atoms with Crippen molar-refractivity contribution in [3.05, 3.63) is 32.6 Å². The standard InChI is InChI=1S/C18H31N4O9P/c19-7-3-1-2-4-8-20-15(24)6-5-12-10-22(18(26)21-17(12)25)16-9-13(14(11-23)30-16)31-32(27,28)29/h10,13-14,16,23H,1-9,11,19H2,(H,20,24)(H,21,25,26)(H2,27,28,29)/t13?,14-,16-/m1/s1. The number of phosphoric acid groups is 1. The molecule has 0 aromatic carbocycles. The van der Waals surface area contributed by atoms with Crippen LogP contribution < -0.4 is 22.3 Å². The van der Waals surface area contributed by atoms with Gasteiger partial charge in [-0.1, -0.05) is 12.8 Å². The van der Waals surface area contributed by atoms with E-state index in [1.807, 2.05) is 0 Å². The molecule has 3 atom stereocenters. The number of aliphatic hydroxyl groups excluding tert-OH is 1. The van der Waals surface area contributed by atoms with Crippen LogP contribution in [0.2, 0.25) is 0 Å². The molecule has 1 saturated heterocycles. The Balaban J connectivity index is 1.98. The Morgan fingerprint density at radius 3 is 2.69 bits per heavy atom. The second kappa shape index (κ2) is 12.4. The molecule has 1 unspecified atom stereocenters. The zero-order valence-corrected chi connectivity index (χ0v) is 18.5. The van der Waals surface area contributed by atoms with Crippen molar-refractivity contribution in [3.63, 3.8) is 0 Å². The molecule has 0 radical (unpaired) electrons. The van der Waals surface area contributed by atoms with E-state index in [0.29, 0.717) is 13.1 Å². The monoisotopic (exact) mass is 478 g/mol. The minimum atomic E-state index is -4.84. The molecule has 1 aliphatic heterocycles. The second-order valence-electron chi connectivity index (χ2n) is 7.56. The fraction of sp³-hybridized carbons (Fsp3) is 0.722. The molecule has 14 heteroatoms. The lowest BCUT2D eigenvalue weighted by Gasteiger charge is -2.16. The van der Waals surface area contributed by atoms with Crippen LogP contribution in [-0.4, -0.2) is 62.3 Å². The van der Waals surface area contributed by atoms with E-state index in [0.717, 1.165) is 30.3 Å². The van der Waals surface area contributed by atoms with Gasteiger partial charge in [0.25, 0.3) is 5.56 Å². The van der Waals surface area contributed by atoms with Crippen LogP contribution in [0.5, 0.6) is 0 Å². The SMILES string of the molecule is NCCCCCCNC(=O)CCc1cn([C@H]2CC(OP(=O)(O)O)[C@@H](CO)O2)c(=O)[nH]c1=O. The third kappa shape index (κ3) is 8.24. The van der Waals surface area contributed by atoms with Crippen molar-refractivity contribution >= 4 is 13.7 Å². The molecule has 32 heavy (non-hydrogen) atoms. The third-order valence-electron chi connectivity index (χ3n) is 5.06. The number of nitrogens with zero attached hydrogens (tertiary/aromatic N) is 1. The molecule has 0 spiro atoms. The summed E-state index contributed by atoms with van der Waals surface area (Å²) in [5.41, 5.74) is 4.17. The maximum atomic E-state index is 12.2. The molecule has 1 aromatic heterocycles. The smallest absolute Gasteiger partial charge is 0.394 e. The molecular formula is C18H31N4O9P. The number of nitrogens with two attached hydrogens (primary N) is 1. The Morgan fingerprint density at radius 1 is 1.31 bits per heavy atom. The van der Waals surface area contributed by atoms with E-state index in [2.05, 4.69) is 14.8 Å². The molecule has 1 aliphatic rings. The molecule has 1 aromatic rings. The first kappa shape index (κ1) is 26.4. The number of aryl methyl sites for hydroxylation is 1. The number of rotatable bonds is 13. The maximum Gasteiger partial charge on any atom is 0.469 e. The fourth-order valence-corrected chi connectivity index (χ4v) is 4.00. The lowest BCUT2D eigenvalue weighted by Crippen LogP contribution is -2.35. The summed E-state index contributed by atoms with van der Waals surface area (Å²) in [6.45, 7) is 0.587. The van der Waals surface area contributed by atoms with Crippen LogP contribution in [-0.2, 0) is 25.0 Å². The number of phosphoric ester groups is 1. The Labute approximate surface area is 184 Å². The van der Waals surface area contributed by atoms with E-state index in [-0.39, 0.29) is 30.7 Å². The van der Waals surface area contributed by atoms with E-state index < -0.39 is 44.1 Å². The Morgan fingerprint density at radius 2 is 2.03 bits per heavy atom. The molecule has 7 N–H and O–H groups in total. The normalized spacial score (nSPS) is 21.1. The van der Waals surface area contributed by atoms with Crippen LogP contribution in [0.3, 0.4) is 0 Å². The van der Waals surface area contributed by atoms with Gasteiger partial charge >= 0.3 is 13.5 Å². The number of aromatic amines is 1. The molecule has 0 saturated carbocycles. The highest BCUT2D eigenvalue weighted by Gasteiger charge is 2.40.